The number of hydrogen-bond acceptors (Lipinski definition) is 3. The molecule has 1 saturated carbocycles. The summed E-state index contributed by atoms with van der Waals surface area (Å²) in [4.78, 5) is 4.44. The third kappa shape index (κ3) is 2.72. The van der Waals surface area contributed by atoms with E-state index in [9.17, 15) is 5.11 Å². The quantitative estimate of drug-likeness (QED) is 0.913. The van der Waals surface area contributed by atoms with Gasteiger partial charge in [-0.05, 0) is 36.8 Å². The first-order chi connectivity index (χ1) is 9.24. The molecular formula is C16H19NOS. The van der Waals surface area contributed by atoms with E-state index >= 15 is 0 Å². The lowest BCUT2D eigenvalue weighted by Crippen LogP contribution is -2.14. The predicted molar refractivity (Wildman–Crippen MR) is 78.5 cm³/mol. The van der Waals surface area contributed by atoms with Crippen LogP contribution in [0.3, 0.4) is 0 Å². The monoisotopic (exact) mass is 273 g/mol. The minimum atomic E-state index is -0.432. The Kier molecular flexibility index (Phi) is 3.67. The van der Waals surface area contributed by atoms with Crippen molar-refractivity contribution in [2.45, 2.75) is 44.6 Å². The molecule has 0 saturated heterocycles. The second-order valence-corrected chi connectivity index (χ2v) is 6.40. The van der Waals surface area contributed by atoms with Gasteiger partial charge >= 0.3 is 0 Å². The van der Waals surface area contributed by atoms with Gasteiger partial charge in [-0.25, -0.2) is 4.98 Å². The molecule has 0 bridgehead atoms. The molecule has 1 aromatic heterocycles. The van der Waals surface area contributed by atoms with Crippen LogP contribution in [-0.4, -0.2) is 10.1 Å². The zero-order chi connectivity index (χ0) is 13.2. The third-order valence-electron chi connectivity index (χ3n) is 3.97. The van der Waals surface area contributed by atoms with Crippen LogP contribution in [0.25, 0.3) is 0 Å². The maximum absolute atomic E-state index is 10.5. The summed E-state index contributed by atoms with van der Waals surface area (Å²) in [6, 6.07) is 8.34. The lowest BCUT2D eigenvalue weighted by molar-refractivity contribution is 0.174. The lowest BCUT2D eigenvalue weighted by Gasteiger charge is -2.29. The van der Waals surface area contributed by atoms with Crippen molar-refractivity contribution in [2.24, 2.45) is 0 Å². The minimum Gasteiger partial charge on any atom is -0.388 e. The number of benzene rings is 1. The van der Waals surface area contributed by atoms with Gasteiger partial charge in [0.2, 0.25) is 0 Å². The molecular weight excluding hydrogens is 254 g/mol. The Labute approximate surface area is 118 Å². The van der Waals surface area contributed by atoms with Crippen LogP contribution in [0.5, 0.6) is 0 Å². The molecule has 3 rings (SSSR count). The molecule has 1 aliphatic carbocycles. The van der Waals surface area contributed by atoms with Gasteiger partial charge in [0.05, 0.1) is 16.8 Å². The van der Waals surface area contributed by atoms with Gasteiger partial charge in [-0.2, -0.15) is 0 Å². The van der Waals surface area contributed by atoms with Crippen molar-refractivity contribution in [2.75, 3.05) is 0 Å². The SMILES string of the molecule is Cc1nc(CC(O)c2ccccc2C2CCC2)cs1. The highest BCUT2D eigenvalue weighted by Crippen LogP contribution is 2.39. The van der Waals surface area contributed by atoms with Crippen molar-refractivity contribution >= 4 is 11.3 Å². The summed E-state index contributed by atoms with van der Waals surface area (Å²) in [5.41, 5.74) is 3.43. The fourth-order valence-corrected chi connectivity index (χ4v) is 3.34. The summed E-state index contributed by atoms with van der Waals surface area (Å²) >= 11 is 1.65. The molecule has 19 heavy (non-hydrogen) atoms. The molecule has 1 atom stereocenters. The van der Waals surface area contributed by atoms with E-state index in [0.29, 0.717) is 12.3 Å². The van der Waals surface area contributed by atoms with Crippen molar-refractivity contribution in [1.29, 1.82) is 0 Å². The van der Waals surface area contributed by atoms with Gasteiger partial charge in [-0.3, -0.25) is 0 Å². The highest BCUT2D eigenvalue weighted by molar-refractivity contribution is 7.09. The molecule has 2 nitrogen and oxygen atoms in total. The largest absolute Gasteiger partial charge is 0.388 e. The molecule has 1 heterocycles. The first-order valence-electron chi connectivity index (χ1n) is 6.92. The Bertz CT molecular complexity index is 559. The average Bonchev–Trinajstić information content (AvgIpc) is 2.73. The van der Waals surface area contributed by atoms with Crippen LogP contribution >= 0.6 is 11.3 Å². The Morgan fingerprint density at radius 1 is 1.37 bits per heavy atom. The fourth-order valence-electron chi connectivity index (χ4n) is 2.72. The van der Waals surface area contributed by atoms with E-state index in [1.54, 1.807) is 11.3 Å². The van der Waals surface area contributed by atoms with E-state index in [-0.39, 0.29) is 0 Å². The molecule has 0 spiro atoms. The number of hydrogen-bond donors (Lipinski definition) is 1. The first kappa shape index (κ1) is 12.8. The number of aryl methyl sites for hydroxylation is 1. The number of aliphatic hydroxyl groups is 1. The molecule has 2 aromatic rings. The molecule has 1 N–H and O–H groups in total. The van der Waals surface area contributed by atoms with Crippen molar-refractivity contribution in [1.82, 2.24) is 4.98 Å². The second kappa shape index (κ2) is 5.43. The molecule has 1 aromatic carbocycles. The average molecular weight is 273 g/mol. The summed E-state index contributed by atoms with van der Waals surface area (Å²) in [6.45, 7) is 2.00. The Morgan fingerprint density at radius 3 is 2.79 bits per heavy atom. The Balaban J connectivity index is 1.80. The highest BCUT2D eigenvalue weighted by atomic mass is 32.1. The van der Waals surface area contributed by atoms with Crippen LogP contribution < -0.4 is 0 Å². The summed E-state index contributed by atoms with van der Waals surface area (Å²) in [5, 5.41) is 13.6. The summed E-state index contributed by atoms with van der Waals surface area (Å²) in [6.07, 6.45) is 4.03. The molecule has 0 radical (unpaired) electrons. The molecule has 0 aliphatic heterocycles. The number of rotatable bonds is 4. The number of thiazole rings is 1. The van der Waals surface area contributed by atoms with Crippen LogP contribution in [0.2, 0.25) is 0 Å². The van der Waals surface area contributed by atoms with Gasteiger partial charge in [0, 0.05) is 11.8 Å². The van der Waals surface area contributed by atoms with E-state index < -0.39 is 6.10 Å². The normalized spacial score (nSPS) is 17.2. The fraction of sp³-hybridized carbons (Fsp3) is 0.438. The molecule has 1 aliphatic rings. The summed E-state index contributed by atoms with van der Waals surface area (Å²) in [7, 11) is 0. The van der Waals surface area contributed by atoms with E-state index in [1.807, 2.05) is 18.4 Å². The van der Waals surface area contributed by atoms with Gasteiger partial charge in [-0.1, -0.05) is 30.7 Å². The number of nitrogens with zero attached hydrogens (tertiary/aromatic N) is 1. The Hall–Kier alpha value is -1.19. The molecule has 3 heteroatoms. The summed E-state index contributed by atoms with van der Waals surface area (Å²) < 4.78 is 0. The summed E-state index contributed by atoms with van der Waals surface area (Å²) in [5.74, 6) is 0.656. The van der Waals surface area contributed by atoms with Crippen molar-refractivity contribution in [3.63, 3.8) is 0 Å². The van der Waals surface area contributed by atoms with Crippen molar-refractivity contribution in [3.8, 4) is 0 Å². The van der Waals surface area contributed by atoms with E-state index in [0.717, 1.165) is 16.3 Å². The van der Waals surface area contributed by atoms with Gasteiger partial charge < -0.3 is 5.11 Å². The van der Waals surface area contributed by atoms with Crippen LogP contribution in [0.1, 0.15) is 53.1 Å². The van der Waals surface area contributed by atoms with Crippen molar-refractivity contribution in [3.05, 3.63) is 51.5 Å². The van der Waals surface area contributed by atoms with Gasteiger partial charge in [0.25, 0.3) is 0 Å². The van der Waals surface area contributed by atoms with E-state index in [4.69, 9.17) is 0 Å². The number of aliphatic hydroxyl groups excluding tert-OH is 1. The zero-order valence-corrected chi connectivity index (χ0v) is 12.0. The number of aromatic nitrogens is 1. The molecule has 100 valence electrons. The molecule has 1 unspecified atom stereocenters. The minimum absolute atomic E-state index is 0.432. The van der Waals surface area contributed by atoms with Crippen LogP contribution in [0.15, 0.2) is 29.6 Å². The van der Waals surface area contributed by atoms with Gasteiger partial charge in [0.1, 0.15) is 0 Å². The van der Waals surface area contributed by atoms with Crippen LogP contribution in [0.4, 0.5) is 0 Å². The predicted octanol–water partition coefficient (Wildman–Crippen LogP) is 4.00. The first-order valence-corrected chi connectivity index (χ1v) is 7.80. The van der Waals surface area contributed by atoms with E-state index in [1.165, 1.54) is 24.8 Å². The van der Waals surface area contributed by atoms with Crippen LogP contribution in [0, 0.1) is 6.92 Å². The lowest BCUT2D eigenvalue weighted by atomic mass is 9.77. The molecule has 0 amide bonds. The van der Waals surface area contributed by atoms with E-state index in [2.05, 4.69) is 23.2 Å². The van der Waals surface area contributed by atoms with Crippen molar-refractivity contribution < 1.29 is 5.11 Å². The highest BCUT2D eigenvalue weighted by Gasteiger charge is 2.24. The smallest absolute Gasteiger partial charge is 0.0897 e. The Morgan fingerprint density at radius 2 is 2.16 bits per heavy atom. The zero-order valence-electron chi connectivity index (χ0n) is 11.2. The second-order valence-electron chi connectivity index (χ2n) is 5.33. The maximum Gasteiger partial charge on any atom is 0.0897 e. The maximum atomic E-state index is 10.5. The standard InChI is InChI=1S/C16H19NOS/c1-11-17-13(10-19-11)9-16(18)15-8-3-2-7-14(15)12-5-4-6-12/h2-3,7-8,10,12,16,18H,4-6,9H2,1H3. The third-order valence-corrected chi connectivity index (χ3v) is 4.79. The van der Waals surface area contributed by atoms with Gasteiger partial charge in [0.15, 0.2) is 0 Å². The van der Waals surface area contributed by atoms with Crippen LogP contribution in [-0.2, 0) is 6.42 Å². The van der Waals surface area contributed by atoms with Gasteiger partial charge in [-0.15, -0.1) is 11.3 Å². The topological polar surface area (TPSA) is 33.1 Å². The molecule has 1 fully saturated rings.